The van der Waals surface area contributed by atoms with E-state index in [0.717, 1.165) is 16.7 Å². The Labute approximate surface area is 206 Å². The summed E-state index contributed by atoms with van der Waals surface area (Å²) in [6.45, 7) is 5.92. The Balaban J connectivity index is 1.92. The average molecular weight is 479 g/mol. The maximum Gasteiger partial charge on any atom is 0.261 e. The van der Waals surface area contributed by atoms with E-state index in [2.05, 4.69) is 5.32 Å². The molecular weight excluding hydrogens is 448 g/mol. The van der Waals surface area contributed by atoms with E-state index < -0.39 is 6.04 Å². The van der Waals surface area contributed by atoms with Crippen molar-refractivity contribution in [2.75, 3.05) is 6.61 Å². The maximum absolute atomic E-state index is 13.5. The summed E-state index contributed by atoms with van der Waals surface area (Å²) in [5.41, 5.74) is 3.01. The molecule has 1 N–H and O–H groups in total. The molecule has 0 heterocycles. The smallest absolute Gasteiger partial charge is 0.261 e. The van der Waals surface area contributed by atoms with Crippen LogP contribution < -0.4 is 10.1 Å². The quantitative estimate of drug-likeness (QED) is 0.436. The highest BCUT2D eigenvalue weighted by atomic mass is 35.5. The number of nitrogens with zero attached hydrogens (tertiary/aromatic N) is 1. The van der Waals surface area contributed by atoms with E-state index in [9.17, 15) is 9.59 Å². The molecule has 0 saturated carbocycles. The SMILES string of the molecule is Cc1ccccc1CN(C(=O)COc1cccc(Cl)c1)[C@@H](Cc1ccccc1)C(=O)NC(C)C. The van der Waals surface area contributed by atoms with Gasteiger partial charge in [0.15, 0.2) is 6.61 Å². The summed E-state index contributed by atoms with van der Waals surface area (Å²) in [5.74, 6) is 0.0366. The van der Waals surface area contributed by atoms with Crippen LogP contribution in [0.2, 0.25) is 5.02 Å². The van der Waals surface area contributed by atoms with Crippen LogP contribution >= 0.6 is 11.6 Å². The average Bonchev–Trinajstić information content (AvgIpc) is 2.81. The van der Waals surface area contributed by atoms with Gasteiger partial charge >= 0.3 is 0 Å². The molecule has 0 aliphatic rings. The highest BCUT2D eigenvalue weighted by molar-refractivity contribution is 6.30. The third-order valence-electron chi connectivity index (χ3n) is 5.46. The molecule has 0 aromatic heterocycles. The molecule has 5 nitrogen and oxygen atoms in total. The van der Waals surface area contributed by atoms with Crippen molar-refractivity contribution < 1.29 is 14.3 Å². The molecule has 0 unspecified atom stereocenters. The third kappa shape index (κ3) is 7.35. The summed E-state index contributed by atoms with van der Waals surface area (Å²) < 4.78 is 5.75. The number of nitrogens with one attached hydrogen (secondary N) is 1. The number of benzene rings is 3. The van der Waals surface area contributed by atoms with E-state index in [1.807, 2.05) is 75.4 Å². The second-order valence-electron chi connectivity index (χ2n) is 8.56. The molecule has 0 aliphatic carbocycles. The van der Waals surface area contributed by atoms with Crippen molar-refractivity contribution in [3.05, 3.63) is 101 Å². The summed E-state index contributed by atoms with van der Waals surface area (Å²) in [7, 11) is 0. The van der Waals surface area contributed by atoms with Gasteiger partial charge in [0.05, 0.1) is 0 Å². The number of carbonyl (C=O) groups excluding carboxylic acids is 2. The Morgan fingerprint density at radius 2 is 1.68 bits per heavy atom. The third-order valence-corrected chi connectivity index (χ3v) is 5.70. The van der Waals surface area contributed by atoms with Crippen molar-refractivity contribution in [2.24, 2.45) is 0 Å². The maximum atomic E-state index is 13.5. The Bertz CT molecular complexity index is 1100. The predicted octanol–water partition coefficient (Wildman–Crippen LogP) is 5.19. The molecule has 1 atom stereocenters. The molecule has 3 aromatic carbocycles. The van der Waals surface area contributed by atoms with Crippen LogP contribution in [0.3, 0.4) is 0 Å². The van der Waals surface area contributed by atoms with Crippen LogP contribution in [0, 0.1) is 6.92 Å². The Hall–Kier alpha value is -3.31. The van der Waals surface area contributed by atoms with Gasteiger partial charge in [-0.3, -0.25) is 9.59 Å². The number of hydrogen-bond donors (Lipinski definition) is 1. The first-order valence-corrected chi connectivity index (χ1v) is 11.8. The Morgan fingerprint density at radius 3 is 2.35 bits per heavy atom. The van der Waals surface area contributed by atoms with E-state index >= 15 is 0 Å². The second kappa shape index (κ2) is 12.2. The Morgan fingerprint density at radius 1 is 0.971 bits per heavy atom. The molecule has 0 fully saturated rings. The fourth-order valence-corrected chi connectivity index (χ4v) is 3.87. The normalized spacial score (nSPS) is 11.7. The van der Waals surface area contributed by atoms with Gasteiger partial charge in [-0.15, -0.1) is 0 Å². The lowest BCUT2D eigenvalue weighted by atomic mass is 10.0. The molecule has 0 aliphatic heterocycles. The van der Waals surface area contributed by atoms with Crippen LogP contribution in [0.1, 0.15) is 30.5 Å². The van der Waals surface area contributed by atoms with E-state index in [-0.39, 0.29) is 24.5 Å². The first kappa shape index (κ1) is 25.3. The van der Waals surface area contributed by atoms with Gasteiger partial charge in [-0.2, -0.15) is 0 Å². The van der Waals surface area contributed by atoms with Crippen LogP contribution in [0.15, 0.2) is 78.9 Å². The lowest BCUT2D eigenvalue weighted by molar-refractivity contribution is -0.143. The van der Waals surface area contributed by atoms with Gasteiger partial charge in [0.2, 0.25) is 5.91 Å². The topological polar surface area (TPSA) is 58.6 Å². The zero-order valence-corrected chi connectivity index (χ0v) is 20.6. The van der Waals surface area contributed by atoms with Crippen molar-refractivity contribution in [1.29, 1.82) is 0 Å². The molecule has 3 aromatic rings. The predicted molar refractivity (Wildman–Crippen MR) is 136 cm³/mol. The zero-order chi connectivity index (χ0) is 24.5. The molecule has 34 heavy (non-hydrogen) atoms. The van der Waals surface area contributed by atoms with Gasteiger partial charge in [0.1, 0.15) is 11.8 Å². The van der Waals surface area contributed by atoms with Crippen LogP contribution in [0.4, 0.5) is 0 Å². The lowest BCUT2D eigenvalue weighted by Crippen LogP contribution is -2.52. The summed E-state index contributed by atoms with van der Waals surface area (Å²) >= 11 is 6.05. The van der Waals surface area contributed by atoms with Crippen molar-refractivity contribution in [3.8, 4) is 5.75 Å². The minimum absolute atomic E-state index is 0.0519. The number of rotatable bonds is 10. The van der Waals surface area contributed by atoms with Crippen molar-refractivity contribution in [1.82, 2.24) is 10.2 Å². The van der Waals surface area contributed by atoms with Crippen molar-refractivity contribution in [3.63, 3.8) is 0 Å². The van der Waals surface area contributed by atoms with Gasteiger partial charge in [-0.25, -0.2) is 0 Å². The minimum Gasteiger partial charge on any atom is -0.484 e. The number of ether oxygens (including phenoxy) is 1. The molecule has 0 bridgehead atoms. The monoisotopic (exact) mass is 478 g/mol. The van der Waals surface area contributed by atoms with Crippen LogP contribution in [0.5, 0.6) is 5.75 Å². The first-order chi connectivity index (χ1) is 16.3. The molecule has 6 heteroatoms. The standard InChI is InChI=1S/C28H31ClN2O3/c1-20(2)30-28(33)26(16-22-11-5-4-6-12-22)31(18-23-13-8-7-10-21(23)3)27(32)19-34-25-15-9-14-24(29)17-25/h4-15,17,20,26H,16,18-19H2,1-3H3,(H,30,33)/t26-/m0/s1. The number of amides is 2. The number of carbonyl (C=O) groups is 2. The summed E-state index contributed by atoms with van der Waals surface area (Å²) in [4.78, 5) is 28.5. The second-order valence-corrected chi connectivity index (χ2v) is 9.00. The molecule has 2 amide bonds. The first-order valence-electron chi connectivity index (χ1n) is 11.4. The van der Waals surface area contributed by atoms with Gasteiger partial charge in [0, 0.05) is 24.0 Å². The number of halogens is 1. The fourth-order valence-electron chi connectivity index (χ4n) is 3.69. The number of hydrogen-bond acceptors (Lipinski definition) is 3. The van der Waals surface area contributed by atoms with Crippen LogP contribution in [0.25, 0.3) is 0 Å². The van der Waals surface area contributed by atoms with Crippen LogP contribution in [-0.4, -0.2) is 35.4 Å². The summed E-state index contributed by atoms with van der Waals surface area (Å²) in [6, 6.07) is 23.8. The minimum atomic E-state index is -0.695. The van der Waals surface area contributed by atoms with Gasteiger partial charge in [0.25, 0.3) is 5.91 Å². The van der Waals surface area contributed by atoms with E-state index in [0.29, 0.717) is 23.7 Å². The van der Waals surface area contributed by atoms with Gasteiger partial charge < -0.3 is 15.0 Å². The zero-order valence-electron chi connectivity index (χ0n) is 19.8. The highest BCUT2D eigenvalue weighted by Crippen LogP contribution is 2.20. The molecule has 0 saturated heterocycles. The molecule has 0 spiro atoms. The van der Waals surface area contributed by atoms with Gasteiger partial charge in [-0.1, -0.05) is 72.3 Å². The van der Waals surface area contributed by atoms with Crippen molar-refractivity contribution in [2.45, 2.75) is 45.8 Å². The summed E-state index contributed by atoms with van der Waals surface area (Å²) in [5, 5.41) is 3.52. The molecule has 3 rings (SSSR count). The molecular formula is C28H31ClN2O3. The van der Waals surface area contributed by atoms with Crippen LogP contribution in [-0.2, 0) is 22.6 Å². The Kier molecular flexibility index (Phi) is 9.11. The summed E-state index contributed by atoms with van der Waals surface area (Å²) in [6.07, 6.45) is 0.397. The fraction of sp³-hybridized carbons (Fsp3) is 0.286. The molecule has 0 radical (unpaired) electrons. The van der Waals surface area contributed by atoms with Gasteiger partial charge in [-0.05, 0) is 55.7 Å². The van der Waals surface area contributed by atoms with Crippen molar-refractivity contribution >= 4 is 23.4 Å². The van der Waals surface area contributed by atoms with E-state index in [4.69, 9.17) is 16.3 Å². The largest absolute Gasteiger partial charge is 0.484 e. The number of aryl methyl sites for hydroxylation is 1. The van der Waals surface area contributed by atoms with E-state index in [1.54, 1.807) is 29.2 Å². The molecule has 178 valence electrons. The lowest BCUT2D eigenvalue weighted by Gasteiger charge is -2.32. The van der Waals surface area contributed by atoms with E-state index in [1.165, 1.54) is 0 Å². The highest BCUT2D eigenvalue weighted by Gasteiger charge is 2.31.